The molecule has 5 aromatic heterocycles. The molecule has 0 aliphatic heterocycles. The van der Waals surface area contributed by atoms with Crippen molar-refractivity contribution in [1.29, 1.82) is 0 Å². The fraction of sp³-hybridized carbons (Fsp3) is 0.107. The van der Waals surface area contributed by atoms with E-state index in [4.69, 9.17) is 0 Å². The smallest absolute Gasteiger partial charge is 0.238 e. The van der Waals surface area contributed by atoms with Gasteiger partial charge in [-0.2, -0.15) is 5.10 Å². The second-order valence-electron chi connectivity index (χ2n) is 9.25. The fourth-order valence-corrected chi connectivity index (χ4v) is 4.46. The second kappa shape index (κ2) is 9.49. The Morgan fingerprint density at radius 1 is 0.947 bits per heavy atom. The number of fused-ring (bicyclic) bond motifs is 2. The monoisotopic (exact) mass is 506 g/mol. The number of aromatic nitrogens is 6. The van der Waals surface area contributed by atoms with Crippen LogP contribution >= 0.6 is 0 Å². The normalized spacial score (nSPS) is 11.5. The number of pyridine rings is 3. The minimum atomic E-state index is -0.314. The maximum atomic E-state index is 13.9. The van der Waals surface area contributed by atoms with Crippen molar-refractivity contribution < 1.29 is 9.18 Å². The molecule has 3 N–H and O–H groups in total. The first-order valence-corrected chi connectivity index (χ1v) is 11.9. The van der Waals surface area contributed by atoms with Crippen molar-refractivity contribution in [2.45, 2.75) is 0 Å². The van der Waals surface area contributed by atoms with Gasteiger partial charge in [0.05, 0.1) is 47.2 Å². The van der Waals surface area contributed by atoms with Crippen molar-refractivity contribution in [3.8, 4) is 33.9 Å². The highest BCUT2D eigenvalue weighted by Crippen LogP contribution is 2.34. The van der Waals surface area contributed by atoms with Crippen LogP contribution in [0.3, 0.4) is 0 Å². The Morgan fingerprint density at radius 2 is 1.82 bits per heavy atom. The predicted molar refractivity (Wildman–Crippen MR) is 145 cm³/mol. The van der Waals surface area contributed by atoms with Gasteiger partial charge in [0.15, 0.2) is 0 Å². The second-order valence-corrected chi connectivity index (χ2v) is 9.25. The van der Waals surface area contributed by atoms with Gasteiger partial charge in [-0.3, -0.25) is 24.8 Å². The number of halogens is 1. The molecule has 38 heavy (non-hydrogen) atoms. The van der Waals surface area contributed by atoms with Crippen molar-refractivity contribution >= 4 is 33.4 Å². The summed E-state index contributed by atoms with van der Waals surface area (Å²) in [5.74, 6) is -0.438. The van der Waals surface area contributed by atoms with Crippen LogP contribution in [0, 0.1) is 5.82 Å². The quantitative estimate of drug-likeness (QED) is 0.297. The molecule has 6 rings (SSSR count). The van der Waals surface area contributed by atoms with Gasteiger partial charge in [-0.05, 0) is 50.5 Å². The number of carbonyl (C=O) groups excluding carboxylic acids is 1. The lowest BCUT2D eigenvalue weighted by atomic mass is 10.1. The largest absolute Gasteiger partial charge is 0.353 e. The van der Waals surface area contributed by atoms with E-state index in [1.165, 1.54) is 12.1 Å². The number of rotatable bonds is 6. The molecule has 0 saturated heterocycles. The van der Waals surface area contributed by atoms with E-state index < -0.39 is 0 Å². The number of aromatic amines is 2. The van der Waals surface area contributed by atoms with Crippen LogP contribution in [0.4, 0.5) is 10.1 Å². The summed E-state index contributed by atoms with van der Waals surface area (Å²) in [4.78, 5) is 30.8. The molecule has 10 heteroatoms. The zero-order valence-corrected chi connectivity index (χ0v) is 20.7. The molecule has 9 nitrogen and oxygen atoms in total. The van der Waals surface area contributed by atoms with Gasteiger partial charge in [-0.25, -0.2) is 4.39 Å². The topological polar surface area (TPSA) is 115 Å². The van der Waals surface area contributed by atoms with E-state index in [2.05, 4.69) is 35.5 Å². The Labute approximate surface area is 216 Å². The number of carbonyl (C=O) groups is 1. The SMILES string of the molecule is CN(C)CC(=O)Nc1cncc(-c2cc3c(-c4cc5c(-c6cccc(F)c6)nccc5[nH]4)n[nH]c3cn2)c1. The van der Waals surface area contributed by atoms with Gasteiger partial charge in [0, 0.05) is 39.8 Å². The molecule has 188 valence electrons. The van der Waals surface area contributed by atoms with Gasteiger partial charge in [0.2, 0.25) is 5.91 Å². The van der Waals surface area contributed by atoms with Gasteiger partial charge in [0.25, 0.3) is 0 Å². The molecule has 1 aromatic carbocycles. The summed E-state index contributed by atoms with van der Waals surface area (Å²) >= 11 is 0. The molecule has 0 bridgehead atoms. The maximum Gasteiger partial charge on any atom is 0.238 e. The van der Waals surface area contributed by atoms with Gasteiger partial charge < -0.3 is 15.2 Å². The molecule has 0 aliphatic carbocycles. The number of hydrogen-bond donors (Lipinski definition) is 3. The predicted octanol–water partition coefficient (Wildman–Crippen LogP) is 4.87. The number of benzene rings is 1. The summed E-state index contributed by atoms with van der Waals surface area (Å²) in [6, 6.07) is 14.0. The third kappa shape index (κ3) is 4.48. The molecular formula is C28H23FN8O. The van der Waals surface area contributed by atoms with Crippen molar-refractivity contribution in [2.24, 2.45) is 0 Å². The highest BCUT2D eigenvalue weighted by Gasteiger charge is 2.16. The van der Waals surface area contributed by atoms with Crippen molar-refractivity contribution in [1.82, 2.24) is 35.0 Å². The van der Waals surface area contributed by atoms with Gasteiger partial charge in [-0.15, -0.1) is 0 Å². The zero-order chi connectivity index (χ0) is 26.2. The summed E-state index contributed by atoms with van der Waals surface area (Å²) in [6.45, 7) is 0.272. The number of hydrogen-bond acceptors (Lipinski definition) is 6. The molecule has 0 radical (unpaired) electrons. The van der Waals surface area contributed by atoms with E-state index in [0.717, 1.165) is 33.1 Å². The highest BCUT2D eigenvalue weighted by molar-refractivity contribution is 6.00. The minimum absolute atomic E-state index is 0.125. The average molecular weight is 507 g/mol. The number of H-pyrrole nitrogens is 2. The Hall–Kier alpha value is -4.96. The van der Waals surface area contributed by atoms with E-state index >= 15 is 0 Å². The first kappa shape index (κ1) is 23.4. The number of nitrogens with zero attached hydrogens (tertiary/aromatic N) is 5. The third-order valence-electron chi connectivity index (χ3n) is 6.13. The van der Waals surface area contributed by atoms with Crippen LogP contribution in [-0.4, -0.2) is 61.6 Å². The van der Waals surface area contributed by atoms with E-state index in [9.17, 15) is 9.18 Å². The summed E-state index contributed by atoms with van der Waals surface area (Å²) in [7, 11) is 3.67. The van der Waals surface area contributed by atoms with Crippen LogP contribution in [-0.2, 0) is 4.79 Å². The Kier molecular flexibility index (Phi) is 5.85. The molecule has 0 saturated carbocycles. The molecule has 0 spiro atoms. The van der Waals surface area contributed by atoms with Crippen LogP contribution in [0.15, 0.2) is 73.3 Å². The molecule has 0 atom stereocenters. The van der Waals surface area contributed by atoms with Crippen LogP contribution in [0.2, 0.25) is 0 Å². The van der Waals surface area contributed by atoms with Crippen molar-refractivity contribution in [2.75, 3.05) is 26.0 Å². The van der Waals surface area contributed by atoms with Gasteiger partial charge in [-0.1, -0.05) is 12.1 Å². The Bertz CT molecular complexity index is 1810. The molecule has 0 fully saturated rings. The fourth-order valence-electron chi connectivity index (χ4n) is 4.46. The highest BCUT2D eigenvalue weighted by atomic mass is 19.1. The standard InChI is InChI=1S/C28H23FN8O/c1-37(2)15-26(38)33-19-9-17(12-30-13-19)23-10-21-25(14-32-23)35-36-28(21)24-11-20-22(34-24)6-7-31-27(20)16-4-3-5-18(29)8-16/h3-14,34H,15H2,1-2H3,(H,33,38)(H,35,36). The summed E-state index contributed by atoms with van der Waals surface area (Å²) in [5.41, 5.74) is 6.57. The lowest BCUT2D eigenvalue weighted by Crippen LogP contribution is -2.27. The number of amides is 1. The summed E-state index contributed by atoms with van der Waals surface area (Å²) < 4.78 is 13.9. The van der Waals surface area contributed by atoms with Crippen LogP contribution in [0.25, 0.3) is 55.7 Å². The van der Waals surface area contributed by atoms with E-state index in [1.807, 2.05) is 44.4 Å². The summed E-state index contributed by atoms with van der Waals surface area (Å²) in [6.07, 6.45) is 6.73. The molecular weight excluding hydrogens is 483 g/mol. The van der Waals surface area contributed by atoms with E-state index in [-0.39, 0.29) is 18.3 Å². The Balaban J connectivity index is 1.38. The molecule has 0 aliphatic rings. The van der Waals surface area contributed by atoms with Crippen LogP contribution in [0.5, 0.6) is 0 Å². The maximum absolute atomic E-state index is 13.9. The lowest BCUT2D eigenvalue weighted by Gasteiger charge is -2.10. The molecule has 5 heterocycles. The first-order chi connectivity index (χ1) is 18.4. The number of likely N-dealkylation sites (N-methyl/N-ethyl adjacent to an activating group) is 1. The lowest BCUT2D eigenvalue weighted by molar-refractivity contribution is -0.116. The molecule has 0 unspecified atom stereocenters. The minimum Gasteiger partial charge on any atom is -0.353 e. The summed E-state index contributed by atoms with van der Waals surface area (Å²) in [5, 5.41) is 12.2. The van der Waals surface area contributed by atoms with Crippen LogP contribution < -0.4 is 5.32 Å². The number of anilines is 1. The van der Waals surface area contributed by atoms with Gasteiger partial charge >= 0.3 is 0 Å². The van der Waals surface area contributed by atoms with Crippen molar-refractivity contribution in [3.05, 3.63) is 79.1 Å². The van der Waals surface area contributed by atoms with Crippen LogP contribution in [0.1, 0.15) is 0 Å². The van der Waals surface area contributed by atoms with Crippen molar-refractivity contribution in [3.63, 3.8) is 0 Å². The Morgan fingerprint density at radius 3 is 2.66 bits per heavy atom. The van der Waals surface area contributed by atoms with E-state index in [0.29, 0.717) is 28.3 Å². The van der Waals surface area contributed by atoms with E-state index in [1.54, 1.807) is 35.8 Å². The molecule has 6 aromatic rings. The molecule has 1 amide bonds. The third-order valence-corrected chi connectivity index (χ3v) is 6.13. The first-order valence-electron chi connectivity index (χ1n) is 11.9. The number of nitrogens with one attached hydrogen (secondary N) is 3. The average Bonchev–Trinajstić information content (AvgIpc) is 3.52. The van der Waals surface area contributed by atoms with Gasteiger partial charge in [0.1, 0.15) is 11.5 Å². The zero-order valence-electron chi connectivity index (χ0n) is 20.7.